The zero-order chi connectivity index (χ0) is 12.3. The molecule has 0 amide bonds. The average molecular weight is 236 g/mol. The maximum Gasteiger partial charge on any atom is 0.393 e. The smallest absolute Gasteiger partial charge is 0.393 e. The van der Waals surface area contributed by atoms with Crippen LogP contribution in [0.4, 0.5) is 13.2 Å². The van der Waals surface area contributed by atoms with Crippen molar-refractivity contribution in [3.05, 3.63) is 23.5 Å². The van der Waals surface area contributed by atoms with Crippen LogP contribution >= 0.6 is 0 Å². The number of esters is 1. The number of rotatable bonds is 3. The van der Waals surface area contributed by atoms with Gasteiger partial charge in [0, 0.05) is 6.20 Å². The van der Waals surface area contributed by atoms with E-state index in [-0.39, 0.29) is 17.9 Å². The lowest BCUT2D eigenvalue weighted by atomic mass is 10.2. The third-order valence-electron chi connectivity index (χ3n) is 1.79. The van der Waals surface area contributed by atoms with Crippen LogP contribution in [0.2, 0.25) is 0 Å². The third-order valence-corrected chi connectivity index (χ3v) is 1.79. The Balaban J connectivity index is 2.86. The van der Waals surface area contributed by atoms with Crippen LogP contribution in [0.15, 0.2) is 12.3 Å². The number of alkyl halides is 3. The topological polar surface area (TPSA) is 57.2 Å². The van der Waals surface area contributed by atoms with E-state index in [0.29, 0.717) is 0 Å². The normalized spacial score (nSPS) is 11.5. The Labute approximate surface area is 89.8 Å². The van der Waals surface area contributed by atoms with E-state index in [2.05, 4.69) is 4.74 Å². The quantitative estimate of drug-likeness (QED) is 0.638. The second-order valence-electron chi connectivity index (χ2n) is 3.15. The lowest BCUT2D eigenvalue weighted by Gasteiger charge is -2.02. The van der Waals surface area contributed by atoms with Crippen molar-refractivity contribution >= 4 is 5.97 Å². The van der Waals surface area contributed by atoms with Crippen LogP contribution < -0.4 is 5.84 Å². The molecule has 1 aromatic heterocycles. The van der Waals surface area contributed by atoms with Gasteiger partial charge >= 0.3 is 12.1 Å². The summed E-state index contributed by atoms with van der Waals surface area (Å²) in [7, 11) is 0. The summed E-state index contributed by atoms with van der Waals surface area (Å²) in [5.41, 5.74) is -0.167. The van der Waals surface area contributed by atoms with E-state index in [1.54, 1.807) is 6.92 Å². The molecule has 2 N–H and O–H groups in total. The van der Waals surface area contributed by atoms with E-state index in [9.17, 15) is 18.0 Å². The molecule has 0 saturated carbocycles. The second-order valence-corrected chi connectivity index (χ2v) is 3.15. The minimum atomic E-state index is -4.33. The highest BCUT2D eigenvalue weighted by Crippen LogP contribution is 2.22. The fourth-order valence-corrected chi connectivity index (χ4v) is 1.23. The van der Waals surface area contributed by atoms with Gasteiger partial charge in [-0.2, -0.15) is 13.2 Å². The highest BCUT2D eigenvalue weighted by Gasteiger charge is 2.29. The Kier molecular flexibility index (Phi) is 3.46. The molecule has 0 spiro atoms. The summed E-state index contributed by atoms with van der Waals surface area (Å²) in [6, 6.07) is 1.07. The predicted molar refractivity (Wildman–Crippen MR) is 50.3 cm³/mol. The van der Waals surface area contributed by atoms with Gasteiger partial charge in [0.2, 0.25) is 0 Å². The van der Waals surface area contributed by atoms with Gasteiger partial charge in [-0.25, -0.2) is 4.79 Å². The van der Waals surface area contributed by atoms with Crippen molar-refractivity contribution in [1.82, 2.24) is 4.68 Å². The first-order valence-corrected chi connectivity index (χ1v) is 4.53. The van der Waals surface area contributed by atoms with E-state index < -0.39 is 18.6 Å². The predicted octanol–water partition coefficient (Wildman–Crippen LogP) is 1.48. The van der Waals surface area contributed by atoms with Crippen molar-refractivity contribution in [2.75, 3.05) is 12.4 Å². The van der Waals surface area contributed by atoms with Crippen LogP contribution in [0.5, 0.6) is 0 Å². The summed E-state index contributed by atoms with van der Waals surface area (Å²) in [6.07, 6.45) is -4.39. The van der Waals surface area contributed by atoms with Crippen molar-refractivity contribution in [2.45, 2.75) is 19.5 Å². The van der Waals surface area contributed by atoms with E-state index in [0.717, 1.165) is 16.9 Å². The lowest BCUT2D eigenvalue weighted by Crippen LogP contribution is -2.17. The fraction of sp³-hybridized carbons (Fsp3) is 0.444. The molecule has 0 unspecified atom stereocenters. The standard InChI is InChI=1S/C9H11F3N2O2/c1-2-16-8(15)7-3-6(5-14(7)13)4-9(10,11)12/h3,5H,2,4,13H2,1H3. The molecule has 16 heavy (non-hydrogen) atoms. The zero-order valence-corrected chi connectivity index (χ0v) is 8.54. The first-order valence-electron chi connectivity index (χ1n) is 4.53. The Morgan fingerprint density at radius 1 is 1.56 bits per heavy atom. The van der Waals surface area contributed by atoms with Crippen molar-refractivity contribution < 1.29 is 22.7 Å². The van der Waals surface area contributed by atoms with Crippen LogP contribution in [-0.4, -0.2) is 23.4 Å². The Hall–Kier alpha value is -1.66. The summed E-state index contributed by atoms with van der Waals surface area (Å²) in [4.78, 5) is 11.2. The molecular weight excluding hydrogens is 225 g/mol. The van der Waals surface area contributed by atoms with Crippen LogP contribution in [0.3, 0.4) is 0 Å². The third kappa shape index (κ3) is 3.18. The molecule has 0 radical (unpaired) electrons. The molecule has 1 heterocycles. The molecule has 0 aliphatic rings. The molecule has 0 bridgehead atoms. The maximum absolute atomic E-state index is 12.1. The van der Waals surface area contributed by atoms with E-state index in [1.807, 2.05) is 0 Å². The highest BCUT2D eigenvalue weighted by atomic mass is 19.4. The molecule has 0 fully saturated rings. The van der Waals surface area contributed by atoms with Gasteiger partial charge in [0.05, 0.1) is 13.0 Å². The van der Waals surface area contributed by atoms with Gasteiger partial charge in [-0.3, -0.25) is 4.68 Å². The number of ether oxygens (including phenoxy) is 1. The second kappa shape index (κ2) is 4.46. The van der Waals surface area contributed by atoms with Crippen LogP contribution in [0, 0.1) is 0 Å². The summed E-state index contributed by atoms with van der Waals surface area (Å²) in [6.45, 7) is 1.73. The van der Waals surface area contributed by atoms with Crippen molar-refractivity contribution in [3.63, 3.8) is 0 Å². The first-order chi connectivity index (χ1) is 7.33. The summed E-state index contributed by atoms with van der Waals surface area (Å²) in [5.74, 6) is 4.60. The summed E-state index contributed by atoms with van der Waals surface area (Å²) in [5, 5.41) is 0. The number of aromatic nitrogens is 1. The SMILES string of the molecule is CCOC(=O)c1cc(CC(F)(F)F)cn1N. The molecule has 0 saturated heterocycles. The highest BCUT2D eigenvalue weighted by molar-refractivity contribution is 5.88. The number of carbonyl (C=O) groups excluding carboxylic acids is 1. The van der Waals surface area contributed by atoms with E-state index >= 15 is 0 Å². The van der Waals surface area contributed by atoms with E-state index in [1.165, 1.54) is 0 Å². The first kappa shape index (κ1) is 12.4. The van der Waals surface area contributed by atoms with Gasteiger partial charge < -0.3 is 10.6 Å². The molecule has 1 aromatic rings. The molecular formula is C9H11F3N2O2. The van der Waals surface area contributed by atoms with Gasteiger partial charge in [0.15, 0.2) is 0 Å². The number of nitrogens with two attached hydrogens (primary N) is 1. The maximum atomic E-state index is 12.1. The number of hydrogen-bond acceptors (Lipinski definition) is 3. The average Bonchev–Trinajstić information content (AvgIpc) is 2.44. The lowest BCUT2D eigenvalue weighted by molar-refractivity contribution is -0.127. The van der Waals surface area contributed by atoms with Gasteiger partial charge in [-0.05, 0) is 18.6 Å². The number of carbonyl (C=O) groups is 1. The fourth-order valence-electron chi connectivity index (χ4n) is 1.23. The molecule has 4 nitrogen and oxygen atoms in total. The number of halogens is 3. The van der Waals surface area contributed by atoms with Crippen LogP contribution in [0.25, 0.3) is 0 Å². The van der Waals surface area contributed by atoms with Gasteiger partial charge in [0.25, 0.3) is 0 Å². The summed E-state index contributed by atoms with van der Waals surface area (Å²) < 4.78 is 41.7. The molecule has 7 heteroatoms. The monoisotopic (exact) mass is 236 g/mol. The van der Waals surface area contributed by atoms with Gasteiger partial charge in [-0.1, -0.05) is 0 Å². The molecule has 1 rings (SSSR count). The molecule has 0 aliphatic carbocycles. The van der Waals surface area contributed by atoms with Crippen molar-refractivity contribution in [1.29, 1.82) is 0 Å². The minimum absolute atomic E-state index is 0.0712. The molecule has 0 aromatic carbocycles. The van der Waals surface area contributed by atoms with Crippen molar-refractivity contribution in [3.8, 4) is 0 Å². The zero-order valence-electron chi connectivity index (χ0n) is 8.54. The summed E-state index contributed by atoms with van der Waals surface area (Å²) >= 11 is 0. The van der Waals surface area contributed by atoms with Crippen molar-refractivity contribution in [2.24, 2.45) is 0 Å². The number of hydrogen-bond donors (Lipinski definition) is 1. The largest absolute Gasteiger partial charge is 0.461 e. The minimum Gasteiger partial charge on any atom is -0.461 e. The molecule has 0 aliphatic heterocycles. The van der Waals surface area contributed by atoms with Crippen LogP contribution in [0.1, 0.15) is 23.0 Å². The van der Waals surface area contributed by atoms with Crippen LogP contribution in [-0.2, 0) is 11.2 Å². The Morgan fingerprint density at radius 2 is 2.19 bits per heavy atom. The Bertz CT molecular complexity index is 385. The number of nitrogens with zero attached hydrogens (tertiary/aromatic N) is 1. The Morgan fingerprint density at radius 3 is 2.69 bits per heavy atom. The van der Waals surface area contributed by atoms with Gasteiger partial charge in [-0.15, -0.1) is 0 Å². The van der Waals surface area contributed by atoms with Gasteiger partial charge in [0.1, 0.15) is 5.69 Å². The number of nitrogen functional groups attached to an aromatic ring is 1. The molecule has 90 valence electrons. The molecule has 0 atom stereocenters. The van der Waals surface area contributed by atoms with E-state index in [4.69, 9.17) is 5.84 Å².